The summed E-state index contributed by atoms with van der Waals surface area (Å²) in [6.45, 7) is 8.86. The van der Waals surface area contributed by atoms with Gasteiger partial charge in [-0.15, -0.1) is 11.6 Å². The predicted octanol–water partition coefficient (Wildman–Crippen LogP) is 5.03. The van der Waals surface area contributed by atoms with Gasteiger partial charge in [-0.3, -0.25) is 0 Å². The van der Waals surface area contributed by atoms with Gasteiger partial charge in [-0.05, 0) is 43.9 Å². The molecule has 1 fully saturated rings. The molecule has 110 valence electrons. The molecule has 0 bridgehead atoms. The summed E-state index contributed by atoms with van der Waals surface area (Å²) in [7, 11) is 0. The van der Waals surface area contributed by atoms with Crippen LogP contribution in [0.2, 0.25) is 0 Å². The maximum atomic E-state index is 10.2. The molecule has 0 aromatic rings. The number of aliphatic hydroxyl groups excluding tert-OH is 1. The number of allylic oxidation sites excluding steroid dienone is 1. The van der Waals surface area contributed by atoms with Crippen LogP contribution in [0, 0.1) is 10.8 Å². The maximum absolute atomic E-state index is 10.2. The summed E-state index contributed by atoms with van der Waals surface area (Å²) in [6, 6.07) is 0. The maximum Gasteiger partial charge on any atom is 0.0854 e. The number of alkyl halides is 3. The van der Waals surface area contributed by atoms with Crippen LogP contribution in [0.4, 0.5) is 0 Å². The zero-order chi connectivity index (χ0) is 14.6. The van der Waals surface area contributed by atoms with Gasteiger partial charge in [0, 0.05) is 9.70 Å². The Kier molecular flexibility index (Phi) is 4.29. The Bertz CT molecular complexity index is 405. The highest BCUT2D eigenvalue weighted by molar-refractivity contribution is 9.10. The van der Waals surface area contributed by atoms with E-state index < -0.39 is 6.10 Å². The minimum absolute atomic E-state index is 0.0120. The molecule has 5 atom stereocenters. The summed E-state index contributed by atoms with van der Waals surface area (Å²) < 4.78 is 0.0219. The standard InChI is InChI=1S/C15H23Br2ClO/c1-9-7-10(19)12(16)13(2,3)15(9)6-5-14(4,17)11(18)8-15/h7,10-12,19H,5-6,8H2,1-4H3/t10-,11?,12+,14-,15?/m0/s1. The molecule has 0 radical (unpaired) electrons. The minimum Gasteiger partial charge on any atom is -0.388 e. The second kappa shape index (κ2) is 5.00. The van der Waals surface area contributed by atoms with E-state index in [0.717, 1.165) is 19.3 Å². The minimum atomic E-state index is -0.410. The number of aliphatic hydroxyl groups is 1. The van der Waals surface area contributed by atoms with Crippen LogP contribution in [0.25, 0.3) is 0 Å². The molecule has 2 rings (SSSR count). The highest BCUT2D eigenvalue weighted by Gasteiger charge is 2.58. The quantitative estimate of drug-likeness (QED) is 0.435. The average Bonchev–Trinajstić information content (AvgIpc) is 2.29. The first-order chi connectivity index (χ1) is 8.54. The van der Waals surface area contributed by atoms with Crippen molar-refractivity contribution in [1.82, 2.24) is 0 Å². The fraction of sp³-hybridized carbons (Fsp3) is 0.867. The van der Waals surface area contributed by atoms with Crippen molar-refractivity contribution in [2.45, 2.75) is 67.6 Å². The van der Waals surface area contributed by atoms with Crippen molar-refractivity contribution in [1.29, 1.82) is 0 Å². The first-order valence-electron chi connectivity index (χ1n) is 6.89. The van der Waals surface area contributed by atoms with Gasteiger partial charge in [-0.1, -0.05) is 57.4 Å². The zero-order valence-electron chi connectivity index (χ0n) is 12.0. The normalized spacial score (nSPS) is 50.1. The van der Waals surface area contributed by atoms with Gasteiger partial charge < -0.3 is 5.11 Å². The molecule has 0 heterocycles. The molecule has 0 aromatic carbocycles. The molecule has 2 aliphatic rings. The molecule has 1 N–H and O–H groups in total. The predicted molar refractivity (Wildman–Crippen MR) is 89.5 cm³/mol. The zero-order valence-corrected chi connectivity index (χ0v) is 15.9. The van der Waals surface area contributed by atoms with Crippen molar-refractivity contribution < 1.29 is 5.11 Å². The summed E-state index contributed by atoms with van der Waals surface area (Å²) >= 11 is 14.1. The Hall–Kier alpha value is 0.950. The SMILES string of the molecule is CC1=C[C@H](O)[C@@H](Br)C(C)(C)C12CC[C@](C)(Br)C(Cl)C2. The van der Waals surface area contributed by atoms with E-state index >= 15 is 0 Å². The van der Waals surface area contributed by atoms with Gasteiger partial charge >= 0.3 is 0 Å². The van der Waals surface area contributed by atoms with E-state index in [2.05, 4.69) is 59.6 Å². The third-order valence-corrected chi connectivity index (χ3v) is 9.15. The van der Waals surface area contributed by atoms with Gasteiger partial charge in [0.1, 0.15) is 0 Å². The molecule has 4 heteroatoms. The lowest BCUT2D eigenvalue weighted by Crippen LogP contribution is -2.56. The second-order valence-corrected chi connectivity index (χ2v) is 10.3. The Morgan fingerprint density at radius 3 is 2.42 bits per heavy atom. The Morgan fingerprint density at radius 1 is 1.32 bits per heavy atom. The van der Waals surface area contributed by atoms with E-state index in [1.54, 1.807) is 0 Å². The number of rotatable bonds is 0. The fourth-order valence-electron chi connectivity index (χ4n) is 3.88. The van der Waals surface area contributed by atoms with Gasteiger partial charge in [0.25, 0.3) is 0 Å². The molecular formula is C15H23Br2ClO. The van der Waals surface area contributed by atoms with E-state index in [4.69, 9.17) is 11.6 Å². The van der Waals surface area contributed by atoms with E-state index in [1.165, 1.54) is 5.57 Å². The van der Waals surface area contributed by atoms with Crippen LogP contribution in [-0.4, -0.2) is 25.7 Å². The third-order valence-electron chi connectivity index (χ3n) is 5.62. The molecule has 0 amide bonds. The summed E-state index contributed by atoms with van der Waals surface area (Å²) in [5, 5.41) is 10.3. The highest BCUT2D eigenvalue weighted by Crippen LogP contribution is 2.63. The summed E-state index contributed by atoms with van der Waals surface area (Å²) in [6.07, 6.45) is 4.74. The fourth-order valence-corrected chi connectivity index (χ4v) is 5.20. The largest absolute Gasteiger partial charge is 0.388 e. The molecule has 1 nitrogen and oxygen atoms in total. The lowest BCUT2D eigenvalue weighted by molar-refractivity contribution is 0.0122. The first-order valence-corrected chi connectivity index (χ1v) is 9.03. The van der Waals surface area contributed by atoms with Crippen molar-refractivity contribution >= 4 is 43.5 Å². The van der Waals surface area contributed by atoms with Crippen molar-refractivity contribution in [3.8, 4) is 0 Å². The van der Waals surface area contributed by atoms with Gasteiger partial charge in [0.15, 0.2) is 0 Å². The van der Waals surface area contributed by atoms with E-state index in [-0.39, 0.29) is 25.4 Å². The molecule has 1 saturated carbocycles. The summed E-state index contributed by atoms with van der Waals surface area (Å²) in [5.74, 6) is 0. The Labute approximate surface area is 138 Å². The van der Waals surface area contributed by atoms with Crippen molar-refractivity contribution in [3.05, 3.63) is 11.6 Å². The van der Waals surface area contributed by atoms with Crippen LogP contribution >= 0.6 is 43.5 Å². The highest BCUT2D eigenvalue weighted by atomic mass is 79.9. The molecular weight excluding hydrogens is 391 g/mol. The molecule has 2 aliphatic carbocycles. The van der Waals surface area contributed by atoms with Crippen molar-refractivity contribution in [3.63, 3.8) is 0 Å². The Balaban J connectivity index is 2.45. The number of halogens is 3. The van der Waals surface area contributed by atoms with Gasteiger partial charge in [-0.25, -0.2) is 0 Å². The second-order valence-electron chi connectivity index (χ2n) is 7.00. The molecule has 0 aliphatic heterocycles. The van der Waals surface area contributed by atoms with Crippen molar-refractivity contribution in [2.75, 3.05) is 0 Å². The first kappa shape index (κ1) is 16.3. The Morgan fingerprint density at radius 2 is 1.89 bits per heavy atom. The van der Waals surface area contributed by atoms with Gasteiger partial charge in [0.2, 0.25) is 0 Å². The molecule has 19 heavy (non-hydrogen) atoms. The summed E-state index contributed by atoms with van der Waals surface area (Å²) in [5.41, 5.74) is 1.37. The molecule has 0 aromatic heterocycles. The topological polar surface area (TPSA) is 20.2 Å². The van der Waals surface area contributed by atoms with E-state index in [9.17, 15) is 5.11 Å². The van der Waals surface area contributed by atoms with Gasteiger partial charge in [0.05, 0.1) is 10.9 Å². The van der Waals surface area contributed by atoms with E-state index in [1.807, 2.05) is 6.08 Å². The number of hydrogen-bond donors (Lipinski definition) is 1. The summed E-state index contributed by atoms with van der Waals surface area (Å²) in [4.78, 5) is 0.0762. The average molecular weight is 415 g/mol. The van der Waals surface area contributed by atoms with Crippen molar-refractivity contribution in [2.24, 2.45) is 10.8 Å². The van der Waals surface area contributed by atoms with Crippen LogP contribution in [0.5, 0.6) is 0 Å². The molecule has 1 spiro atoms. The lowest BCUT2D eigenvalue weighted by Gasteiger charge is -2.59. The van der Waals surface area contributed by atoms with Crippen LogP contribution in [0.3, 0.4) is 0 Å². The van der Waals surface area contributed by atoms with Crippen LogP contribution in [-0.2, 0) is 0 Å². The van der Waals surface area contributed by atoms with Gasteiger partial charge in [-0.2, -0.15) is 0 Å². The monoisotopic (exact) mass is 412 g/mol. The smallest absolute Gasteiger partial charge is 0.0854 e. The molecule has 0 saturated heterocycles. The molecule has 2 unspecified atom stereocenters. The van der Waals surface area contributed by atoms with Crippen LogP contribution < -0.4 is 0 Å². The van der Waals surface area contributed by atoms with E-state index in [0.29, 0.717) is 0 Å². The third kappa shape index (κ3) is 2.37. The van der Waals surface area contributed by atoms with Crippen LogP contribution in [0.15, 0.2) is 11.6 Å². The number of hydrogen-bond acceptors (Lipinski definition) is 1. The lowest BCUT2D eigenvalue weighted by atomic mass is 9.50. The van der Waals surface area contributed by atoms with Crippen LogP contribution in [0.1, 0.15) is 47.0 Å².